The summed E-state index contributed by atoms with van der Waals surface area (Å²) < 4.78 is 13.0. The zero-order chi connectivity index (χ0) is 16.7. The van der Waals surface area contributed by atoms with Crippen molar-refractivity contribution in [3.63, 3.8) is 0 Å². The maximum absolute atomic E-state index is 13.0. The van der Waals surface area contributed by atoms with Crippen molar-refractivity contribution in [3.8, 4) is 0 Å². The maximum Gasteiger partial charge on any atom is 0.315 e. The number of urea groups is 1. The molecule has 0 aliphatic rings. The Kier molecular flexibility index (Phi) is 5.94. The minimum atomic E-state index is -0.567. The van der Waals surface area contributed by atoms with Gasteiger partial charge in [0.2, 0.25) is 5.91 Å². The van der Waals surface area contributed by atoms with Crippen LogP contribution in [0.5, 0.6) is 0 Å². The Balaban J connectivity index is 1.73. The van der Waals surface area contributed by atoms with Crippen molar-refractivity contribution in [1.29, 1.82) is 0 Å². The average molecular weight is 336 g/mol. The molecule has 3 amide bonds. The fraction of sp³-hybridized carbons (Fsp3) is 0.125. The van der Waals surface area contributed by atoms with Crippen LogP contribution in [0.1, 0.15) is 5.56 Å². The Morgan fingerprint density at radius 1 is 1.04 bits per heavy atom. The lowest BCUT2D eigenvalue weighted by Gasteiger charge is -2.09. The Morgan fingerprint density at radius 2 is 1.78 bits per heavy atom. The molecule has 0 heterocycles. The van der Waals surface area contributed by atoms with Crippen molar-refractivity contribution in [3.05, 3.63) is 64.9 Å². The summed E-state index contributed by atoms with van der Waals surface area (Å²) in [6.45, 7) is 0.150. The number of hydrogen-bond donors (Lipinski definition) is 3. The second-order valence-electron chi connectivity index (χ2n) is 4.70. The summed E-state index contributed by atoms with van der Waals surface area (Å²) in [7, 11) is 0. The van der Waals surface area contributed by atoms with Crippen LogP contribution in [0.2, 0.25) is 5.02 Å². The summed E-state index contributed by atoms with van der Waals surface area (Å²) in [6, 6.07) is 12.8. The molecular weight excluding hydrogens is 321 g/mol. The number of nitrogens with one attached hydrogen (secondary N) is 3. The highest BCUT2D eigenvalue weighted by Gasteiger charge is 2.07. The molecule has 120 valence electrons. The van der Waals surface area contributed by atoms with E-state index in [1.165, 1.54) is 12.1 Å². The number of hydrogen-bond acceptors (Lipinski definition) is 2. The van der Waals surface area contributed by atoms with Crippen molar-refractivity contribution in [2.24, 2.45) is 0 Å². The number of benzene rings is 2. The molecule has 7 heteroatoms. The molecule has 0 fully saturated rings. The first-order valence-electron chi connectivity index (χ1n) is 6.85. The van der Waals surface area contributed by atoms with Crippen LogP contribution >= 0.6 is 11.6 Å². The van der Waals surface area contributed by atoms with Crippen molar-refractivity contribution in [1.82, 2.24) is 10.6 Å². The Bertz CT molecular complexity index is 695. The molecule has 0 aromatic heterocycles. The van der Waals surface area contributed by atoms with Crippen LogP contribution in [0.4, 0.5) is 14.9 Å². The van der Waals surface area contributed by atoms with Crippen LogP contribution < -0.4 is 16.0 Å². The predicted octanol–water partition coefficient (Wildman–Crippen LogP) is 2.92. The molecule has 5 nitrogen and oxygen atoms in total. The zero-order valence-corrected chi connectivity index (χ0v) is 12.9. The van der Waals surface area contributed by atoms with E-state index in [1.807, 2.05) is 30.3 Å². The first-order valence-corrected chi connectivity index (χ1v) is 7.23. The van der Waals surface area contributed by atoms with Crippen LogP contribution in [-0.4, -0.2) is 18.5 Å². The molecule has 0 saturated carbocycles. The highest BCUT2D eigenvalue weighted by molar-refractivity contribution is 6.31. The topological polar surface area (TPSA) is 70.2 Å². The molecular formula is C16H15ClFN3O2. The number of rotatable bonds is 5. The number of halogens is 2. The molecule has 0 saturated heterocycles. The van der Waals surface area contributed by atoms with Crippen molar-refractivity contribution in [2.75, 3.05) is 11.9 Å². The molecule has 0 unspecified atom stereocenters. The van der Waals surface area contributed by atoms with Crippen LogP contribution in [0.3, 0.4) is 0 Å². The van der Waals surface area contributed by atoms with Gasteiger partial charge in [0.15, 0.2) is 0 Å². The quantitative estimate of drug-likeness (QED) is 0.786. The summed E-state index contributed by atoms with van der Waals surface area (Å²) in [5.74, 6) is -1.01. The van der Waals surface area contributed by atoms with Gasteiger partial charge in [-0.2, -0.15) is 0 Å². The van der Waals surface area contributed by atoms with Gasteiger partial charge in [-0.05, 0) is 23.8 Å². The van der Waals surface area contributed by atoms with Crippen LogP contribution in [-0.2, 0) is 11.3 Å². The highest BCUT2D eigenvalue weighted by Crippen LogP contribution is 2.19. The number of anilines is 1. The van der Waals surface area contributed by atoms with E-state index >= 15 is 0 Å². The van der Waals surface area contributed by atoms with E-state index in [4.69, 9.17) is 11.6 Å². The molecule has 2 rings (SSSR count). The lowest BCUT2D eigenvalue weighted by molar-refractivity contribution is -0.115. The standard InChI is InChI=1S/C16H15ClFN3O2/c17-13-8-12(6-7-14(13)18)21-15(22)10-20-16(23)19-9-11-4-2-1-3-5-11/h1-8H,9-10H2,(H,21,22)(H2,19,20,23). The second kappa shape index (κ2) is 8.14. The Hall–Kier alpha value is -2.60. The number of amides is 3. The van der Waals surface area contributed by atoms with E-state index in [0.29, 0.717) is 12.2 Å². The van der Waals surface area contributed by atoms with E-state index in [-0.39, 0.29) is 11.6 Å². The predicted molar refractivity (Wildman–Crippen MR) is 86.7 cm³/mol. The van der Waals surface area contributed by atoms with E-state index in [0.717, 1.165) is 11.6 Å². The monoisotopic (exact) mass is 335 g/mol. The van der Waals surface area contributed by atoms with Gasteiger partial charge in [-0.3, -0.25) is 4.79 Å². The minimum absolute atomic E-state index is 0.0867. The summed E-state index contributed by atoms with van der Waals surface area (Å²) in [5.41, 5.74) is 1.31. The third kappa shape index (κ3) is 5.60. The highest BCUT2D eigenvalue weighted by atomic mass is 35.5. The van der Waals surface area contributed by atoms with Gasteiger partial charge in [-0.15, -0.1) is 0 Å². The van der Waals surface area contributed by atoms with Gasteiger partial charge in [0.25, 0.3) is 0 Å². The number of carbonyl (C=O) groups excluding carboxylic acids is 2. The zero-order valence-electron chi connectivity index (χ0n) is 12.1. The average Bonchev–Trinajstić information content (AvgIpc) is 2.55. The molecule has 0 bridgehead atoms. The molecule has 3 N–H and O–H groups in total. The van der Waals surface area contributed by atoms with E-state index < -0.39 is 17.8 Å². The van der Waals surface area contributed by atoms with E-state index in [2.05, 4.69) is 16.0 Å². The molecule has 2 aromatic carbocycles. The maximum atomic E-state index is 13.0. The molecule has 0 aliphatic carbocycles. The van der Waals surface area contributed by atoms with Crippen LogP contribution in [0, 0.1) is 5.82 Å². The molecule has 0 aliphatic heterocycles. The lowest BCUT2D eigenvalue weighted by atomic mass is 10.2. The molecule has 0 atom stereocenters. The fourth-order valence-electron chi connectivity index (χ4n) is 1.78. The molecule has 0 spiro atoms. The van der Waals surface area contributed by atoms with Crippen LogP contribution in [0.15, 0.2) is 48.5 Å². The summed E-state index contributed by atoms with van der Waals surface area (Å²) in [5, 5.41) is 7.48. The summed E-state index contributed by atoms with van der Waals surface area (Å²) in [6.07, 6.45) is 0. The van der Waals surface area contributed by atoms with Gasteiger partial charge in [0.1, 0.15) is 5.82 Å². The van der Waals surface area contributed by atoms with E-state index in [9.17, 15) is 14.0 Å². The van der Waals surface area contributed by atoms with Crippen molar-refractivity contribution < 1.29 is 14.0 Å². The second-order valence-corrected chi connectivity index (χ2v) is 5.11. The molecule has 2 aromatic rings. The molecule has 23 heavy (non-hydrogen) atoms. The minimum Gasteiger partial charge on any atom is -0.334 e. The van der Waals surface area contributed by atoms with Gasteiger partial charge < -0.3 is 16.0 Å². The third-order valence-electron chi connectivity index (χ3n) is 2.91. The normalized spacial score (nSPS) is 10.0. The summed E-state index contributed by atoms with van der Waals surface area (Å²) >= 11 is 5.62. The third-order valence-corrected chi connectivity index (χ3v) is 3.20. The summed E-state index contributed by atoms with van der Waals surface area (Å²) in [4.78, 5) is 23.3. The van der Waals surface area contributed by atoms with Crippen LogP contribution in [0.25, 0.3) is 0 Å². The Labute approximate surface area is 137 Å². The fourth-order valence-corrected chi connectivity index (χ4v) is 1.96. The van der Waals surface area contributed by atoms with Gasteiger partial charge in [-0.1, -0.05) is 41.9 Å². The lowest BCUT2D eigenvalue weighted by Crippen LogP contribution is -2.39. The van der Waals surface area contributed by atoms with Gasteiger partial charge in [0.05, 0.1) is 11.6 Å². The number of carbonyl (C=O) groups is 2. The first-order chi connectivity index (χ1) is 11.0. The van der Waals surface area contributed by atoms with E-state index in [1.54, 1.807) is 0 Å². The molecule has 0 radical (unpaired) electrons. The van der Waals surface area contributed by atoms with Gasteiger partial charge >= 0.3 is 6.03 Å². The SMILES string of the molecule is O=C(CNC(=O)NCc1ccccc1)Nc1ccc(F)c(Cl)c1. The smallest absolute Gasteiger partial charge is 0.315 e. The van der Waals surface area contributed by atoms with Crippen molar-refractivity contribution in [2.45, 2.75) is 6.54 Å². The Morgan fingerprint density at radius 3 is 2.48 bits per heavy atom. The van der Waals surface area contributed by atoms with Gasteiger partial charge in [-0.25, -0.2) is 9.18 Å². The first kappa shape index (κ1) is 16.8. The van der Waals surface area contributed by atoms with Crippen molar-refractivity contribution >= 4 is 29.2 Å². The largest absolute Gasteiger partial charge is 0.334 e. The van der Waals surface area contributed by atoms with Gasteiger partial charge in [0, 0.05) is 12.2 Å².